The third-order valence-electron chi connectivity index (χ3n) is 3.47. The highest BCUT2D eigenvalue weighted by atomic mass is 15.2. The van der Waals surface area contributed by atoms with Crippen LogP contribution in [0, 0.1) is 0 Å². The molecule has 0 bridgehead atoms. The molecule has 3 rings (SSSR count). The Balaban J connectivity index is 1.78. The number of hydrogen-bond donors (Lipinski definition) is 2. The SMILES string of the molecule is CN(CC1CCCCN1)c1ncnc2nc[nH]c12. The highest BCUT2D eigenvalue weighted by Gasteiger charge is 2.17. The van der Waals surface area contributed by atoms with E-state index in [4.69, 9.17) is 0 Å². The summed E-state index contributed by atoms with van der Waals surface area (Å²) in [5, 5.41) is 3.55. The van der Waals surface area contributed by atoms with Crippen molar-refractivity contribution >= 4 is 17.0 Å². The third kappa shape index (κ3) is 2.15. The standard InChI is InChI=1S/C12H18N6/c1-18(6-9-4-2-3-5-13-9)12-10-11(15-7-14-10)16-8-17-12/h7-9,13H,2-6H2,1H3,(H,14,15,16,17). The molecule has 0 radical (unpaired) electrons. The summed E-state index contributed by atoms with van der Waals surface area (Å²) in [5.41, 5.74) is 1.64. The van der Waals surface area contributed by atoms with Gasteiger partial charge >= 0.3 is 0 Å². The summed E-state index contributed by atoms with van der Waals surface area (Å²) in [6.45, 7) is 2.09. The molecular formula is C12H18N6. The number of aromatic amines is 1. The van der Waals surface area contributed by atoms with E-state index >= 15 is 0 Å². The Hall–Kier alpha value is -1.69. The maximum absolute atomic E-state index is 4.36. The largest absolute Gasteiger partial charge is 0.356 e. The predicted octanol–water partition coefficient (Wildman–Crippen LogP) is 0.931. The molecule has 96 valence electrons. The van der Waals surface area contributed by atoms with Crippen molar-refractivity contribution in [1.82, 2.24) is 25.3 Å². The summed E-state index contributed by atoms with van der Waals surface area (Å²) < 4.78 is 0. The van der Waals surface area contributed by atoms with Crippen molar-refractivity contribution < 1.29 is 0 Å². The van der Waals surface area contributed by atoms with Crippen LogP contribution in [0.5, 0.6) is 0 Å². The van der Waals surface area contributed by atoms with Crippen LogP contribution in [0.4, 0.5) is 5.82 Å². The van der Waals surface area contributed by atoms with Crippen molar-refractivity contribution in [2.45, 2.75) is 25.3 Å². The highest BCUT2D eigenvalue weighted by molar-refractivity contribution is 5.82. The summed E-state index contributed by atoms with van der Waals surface area (Å²) in [6.07, 6.45) is 7.08. The minimum Gasteiger partial charge on any atom is -0.356 e. The van der Waals surface area contributed by atoms with Gasteiger partial charge in [-0.05, 0) is 19.4 Å². The van der Waals surface area contributed by atoms with Crippen molar-refractivity contribution in [2.24, 2.45) is 0 Å². The second kappa shape index (κ2) is 4.89. The molecule has 0 amide bonds. The van der Waals surface area contributed by atoms with Gasteiger partial charge in [0.15, 0.2) is 11.5 Å². The lowest BCUT2D eigenvalue weighted by Gasteiger charge is -2.28. The Morgan fingerprint density at radius 3 is 3.11 bits per heavy atom. The molecule has 1 atom stereocenters. The molecule has 1 aliphatic heterocycles. The number of fused-ring (bicyclic) bond motifs is 1. The Morgan fingerprint density at radius 1 is 1.33 bits per heavy atom. The molecule has 6 heteroatoms. The number of H-pyrrole nitrogens is 1. The molecule has 3 heterocycles. The van der Waals surface area contributed by atoms with E-state index in [0.29, 0.717) is 6.04 Å². The van der Waals surface area contributed by atoms with Gasteiger partial charge in [0.1, 0.15) is 11.8 Å². The molecule has 2 aromatic heterocycles. The van der Waals surface area contributed by atoms with Crippen LogP contribution in [0.3, 0.4) is 0 Å². The fraction of sp³-hybridized carbons (Fsp3) is 0.583. The summed E-state index contributed by atoms with van der Waals surface area (Å²) in [4.78, 5) is 17.9. The van der Waals surface area contributed by atoms with E-state index < -0.39 is 0 Å². The van der Waals surface area contributed by atoms with Gasteiger partial charge in [-0.1, -0.05) is 6.42 Å². The maximum Gasteiger partial charge on any atom is 0.182 e. The van der Waals surface area contributed by atoms with Crippen LogP contribution in [-0.2, 0) is 0 Å². The van der Waals surface area contributed by atoms with E-state index in [1.54, 1.807) is 12.7 Å². The van der Waals surface area contributed by atoms with Gasteiger partial charge in [0.2, 0.25) is 0 Å². The Morgan fingerprint density at radius 2 is 2.28 bits per heavy atom. The van der Waals surface area contributed by atoms with Gasteiger partial charge in [0.25, 0.3) is 0 Å². The molecule has 0 spiro atoms. The van der Waals surface area contributed by atoms with Crippen molar-refractivity contribution in [3.63, 3.8) is 0 Å². The van der Waals surface area contributed by atoms with Gasteiger partial charge in [-0.3, -0.25) is 0 Å². The predicted molar refractivity (Wildman–Crippen MR) is 70.6 cm³/mol. The lowest BCUT2D eigenvalue weighted by molar-refractivity contribution is 0.403. The van der Waals surface area contributed by atoms with Crippen LogP contribution in [0.2, 0.25) is 0 Å². The molecule has 2 N–H and O–H groups in total. The normalized spacial score (nSPS) is 20.2. The van der Waals surface area contributed by atoms with Crippen molar-refractivity contribution in [1.29, 1.82) is 0 Å². The van der Waals surface area contributed by atoms with Gasteiger partial charge in [-0.15, -0.1) is 0 Å². The molecule has 1 fully saturated rings. The van der Waals surface area contributed by atoms with Gasteiger partial charge in [0, 0.05) is 19.6 Å². The molecular weight excluding hydrogens is 228 g/mol. The molecule has 0 saturated carbocycles. The van der Waals surface area contributed by atoms with Crippen LogP contribution in [-0.4, -0.2) is 46.1 Å². The van der Waals surface area contributed by atoms with E-state index in [-0.39, 0.29) is 0 Å². The van der Waals surface area contributed by atoms with Gasteiger partial charge in [-0.2, -0.15) is 0 Å². The monoisotopic (exact) mass is 246 g/mol. The zero-order valence-electron chi connectivity index (χ0n) is 10.6. The molecule has 0 aliphatic carbocycles. The average Bonchev–Trinajstić information content (AvgIpc) is 2.87. The smallest absolute Gasteiger partial charge is 0.182 e. The quantitative estimate of drug-likeness (QED) is 0.843. The first-order valence-corrected chi connectivity index (χ1v) is 6.43. The molecule has 2 aromatic rings. The fourth-order valence-corrected chi connectivity index (χ4v) is 2.54. The first-order chi connectivity index (χ1) is 8.84. The van der Waals surface area contributed by atoms with Crippen LogP contribution in [0.1, 0.15) is 19.3 Å². The zero-order valence-corrected chi connectivity index (χ0v) is 10.6. The van der Waals surface area contributed by atoms with E-state index in [1.807, 2.05) is 0 Å². The second-order valence-electron chi connectivity index (χ2n) is 4.83. The fourth-order valence-electron chi connectivity index (χ4n) is 2.54. The number of rotatable bonds is 3. The minimum atomic E-state index is 0.552. The molecule has 18 heavy (non-hydrogen) atoms. The van der Waals surface area contributed by atoms with Crippen LogP contribution >= 0.6 is 0 Å². The summed E-state index contributed by atoms with van der Waals surface area (Å²) >= 11 is 0. The van der Waals surface area contributed by atoms with E-state index in [2.05, 4.69) is 37.2 Å². The van der Waals surface area contributed by atoms with E-state index in [0.717, 1.165) is 30.1 Å². The van der Waals surface area contributed by atoms with Crippen molar-refractivity contribution in [3.8, 4) is 0 Å². The first-order valence-electron chi connectivity index (χ1n) is 6.43. The number of likely N-dealkylation sites (N-methyl/N-ethyl adjacent to an activating group) is 1. The van der Waals surface area contributed by atoms with Crippen molar-refractivity contribution in [3.05, 3.63) is 12.7 Å². The van der Waals surface area contributed by atoms with Gasteiger partial charge in [-0.25, -0.2) is 15.0 Å². The van der Waals surface area contributed by atoms with Crippen LogP contribution < -0.4 is 10.2 Å². The number of piperidine rings is 1. The second-order valence-corrected chi connectivity index (χ2v) is 4.83. The van der Waals surface area contributed by atoms with Crippen molar-refractivity contribution in [2.75, 3.05) is 25.0 Å². The summed E-state index contributed by atoms with van der Waals surface area (Å²) in [7, 11) is 2.07. The van der Waals surface area contributed by atoms with E-state index in [1.165, 1.54) is 19.3 Å². The maximum atomic E-state index is 4.36. The number of aromatic nitrogens is 4. The van der Waals surface area contributed by atoms with E-state index in [9.17, 15) is 0 Å². The molecule has 1 saturated heterocycles. The third-order valence-corrected chi connectivity index (χ3v) is 3.47. The first kappa shape index (κ1) is 11.4. The summed E-state index contributed by atoms with van der Waals surface area (Å²) in [6, 6.07) is 0.552. The van der Waals surface area contributed by atoms with Gasteiger partial charge in [0.05, 0.1) is 6.33 Å². The Kier molecular flexibility index (Phi) is 3.10. The van der Waals surface area contributed by atoms with Crippen LogP contribution in [0.15, 0.2) is 12.7 Å². The topological polar surface area (TPSA) is 69.7 Å². The number of nitrogens with one attached hydrogen (secondary N) is 2. The lowest BCUT2D eigenvalue weighted by atomic mass is 10.0. The minimum absolute atomic E-state index is 0.552. The average molecular weight is 246 g/mol. The Labute approximate surface area is 106 Å². The van der Waals surface area contributed by atoms with Crippen LogP contribution in [0.25, 0.3) is 11.2 Å². The Bertz CT molecular complexity index is 516. The number of imidazole rings is 1. The van der Waals surface area contributed by atoms with Gasteiger partial charge < -0.3 is 15.2 Å². The highest BCUT2D eigenvalue weighted by Crippen LogP contribution is 2.19. The zero-order chi connectivity index (χ0) is 12.4. The molecule has 1 aliphatic rings. The lowest BCUT2D eigenvalue weighted by Crippen LogP contribution is -2.42. The number of nitrogens with zero attached hydrogens (tertiary/aromatic N) is 4. The molecule has 1 unspecified atom stereocenters. The number of anilines is 1. The molecule has 6 nitrogen and oxygen atoms in total. The number of hydrogen-bond acceptors (Lipinski definition) is 5. The molecule has 0 aromatic carbocycles. The summed E-state index contributed by atoms with van der Waals surface area (Å²) in [5.74, 6) is 0.921.